The summed E-state index contributed by atoms with van der Waals surface area (Å²) < 4.78 is 0. The number of aromatic nitrogens is 1. The summed E-state index contributed by atoms with van der Waals surface area (Å²) in [5.74, 6) is 0.0379. The van der Waals surface area contributed by atoms with Crippen LogP contribution >= 0.6 is 0 Å². The third-order valence-electron chi connectivity index (χ3n) is 3.94. The van der Waals surface area contributed by atoms with Gasteiger partial charge in [0.15, 0.2) is 0 Å². The molecule has 3 nitrogen and oxygen atoms in total. The van der Waals surface area contributed by atoms with E-state index in [-0.39, 0.29) is 11.4 Å². The number of rotatable bonds is 2. The summed E-state index contributed by atoms with van der Waals surface area (Å²) in [5, 5.41) is 4.31. The molecule has 0 spiro atoms. The topological polar surface area (TPSA) is 44.9 Å². The van der Waals surface area contributed by atoms with Crippen LogP contribution in [0.4, 0.5) is 0 Å². The van der Waals surface area contributed by atoms with Gasteiger partial charge in [-0.25, -0.2) is 0 Å². The first-order chi connectivity index (χ1) is 8.66. The monoisotopic (exact) mass is 242 g/mol. The van der Waals surface area contributed by atoms with Crippen molar-refractivity contribution in [3.63, 3.8) is 0 Å². The number of aromatic amines is 1. The van der Waals surface area contributed by atoms with Gasteiger partial charge in [0, 0.05) is 22.8 Å². The van der Waals surface area contributed by atoms with Crippen LogP contribution in [0.25, 0.3) is 10.9 Å². The number of fused-ring (bicyclic) bond motifs is 1. The Morgan fingerprint density at radius 3 is 2.83 bits per heavy atom. The minimum atomic E-state index is -0.0121. The van der Waals surface area contributed by atoms with Gasteiger partial charge in [-0.2, -0.15) is 0 Å². The van der Waals surface area contributed by atoms with Gasteiger partial charge in [-0.3, -0.25) is 4.79 Å². The average molecular weight is 242 g/mol. The van der Waals surface area contributed by atoms with Crippen LogP contribution in [-0.4, -0.2) is 16.4 Å². The van der Waals surface area contributed by atoms with Crippen molar-refractivity contribution in [3.8, 4) is 0 Å². The van der Waals surface area contributed by atoms with E-state index in [1.54, 1.807) is 0 Å². The highest BCUT2D eigenvalue weighted by molar-refractivity contribution is 5.98. The van der Waals surface area contributed by atoms with Crippen molar-refractivity contribution in [1.82, 2.24) is 10.3 Å². The van der Waals surface area contributed by atoms with Crippen LogP contribution in [0.5, 0.6) is 0 Å². The van der Waals surface area contributed by atoms with Crippen molar-refractivity contribution < 1.29 is 4.79 Å². The van der Waals surface area contributed by atoms with Crippen LogP contribution in [0.1, 0.15) is 43.0 Å². The van der Waals surface area contributed by atoms with Crippen LogP contribution in [0, 0.1) is 0 Å². The van der Waals surface area contributed by atoms with E-state index >= 15 is 0 Å². The Morgan fingerprint density at radius 2 is 2.06 bits per heavy atom. The van der Waals surface area contributed by atoms with Crippen molar-refractivity contribution in [2.24, 2.45) is 0 Å². The zero-order valence-corrected chi connectivity index (χ0v) is 10.6. The maximum Gasteiger partial charge on any atom is 0.251 e. The van der Waals surface area contributed by atoms with Crippen LogP contribution in [-0.2, 0) is 0 Å². The maximum atomic E-state index is 12.2. The molecule has 0 unspecified atom stereocenters. The lowest BCUT2D eigenvalue weighted by Gasteiger charge is -2.25. The lowest BCUT2D eigenvalue weighted by molar-refractivity contribution is 0.0908. The van der Waals surface area contributed by atoms with Gasteiger partial charge in [-0.15, -0.1) is 0 Å². The van der Waals surface area contributed by atoms with E-state index in [2.05, 4.69) is 17.2 Å². The molecule has 0 saturated heterocycles. The Morgan fingerprint density at radius 1 is 1.28 bits per heavy atom. The molecule has 94 valence electrons. The molecule has 1 heterocycles. The molecule has 1 amide bonds. The molecule has 2 aromatic rings. The molecule has 0 radical (unpaired) electrons. The summed E-state index contributed by atoms with van der Waals surface area (Å²) in [4.78, 5) is 15.4. The standard InChI is InChI=1S/C15H18N2O/c1-15(7-2-3-8-15)17-14(18)12-5-4-11-6-9-16-13(11)10-12/h4-6,9-10,16H,2-3,7-8H2,1H3,(H,17,18). The lowest BCUT2D eigenvalue weighted by atomic mass is 10.00. The molecule has 0 atom stereocenters. The number of carbonyl (C=O) groups is 1. The van der Waals surface area contributed by atoms with Gasteiger partial charge >= 0.3 is 0 Å². The quantitative estimate of drug-likeness (QED) is 0.834. The summed E-state index contributed by atoms with van der Waals surface area (Å²) in [5.41, 5.74) is 1.74. The summed E-state index contributed by atoms with van der Waals surface area (Å²) in [6.45, 7) is 2.14. The third kappa shape index (κ3) is 2.01. The largest absolute Gasteiger partial charge is 0.361 e. The van der Waals surface area contributed by atoms with Crippen LogP contribution < -0.4 is 5.32 Å². The Kier molecular flexibility index (Phi) is 2.62. The Balaban J connectivity index is 1.82. The smallest absolute Gasteiger partial charge is 0.251 e. The summed E-state index contributed by atoms with van der Waals surface area (Å²) in [6, 6.07) is 7.81. The second-order valence-corrected chi connectivity index (χ2v) is 5.50. The number of hydrogen-bond acceptors (Lipinski definition) is 1. The molecular formula is C15H18N2O. The maximum absolute atomic E-state index is 12.2. The number of amides is 1. The fraction of sp³-hybridized carbons (Fsp3) is 0.400. The van der Waals surface area contributed by atoms with Crippen molar-refractivity contribution in [1.29, 1.82) is 0 Å². The number of benzene rings is 1. The van der Waals surface area contributed by atoms with Crippen LogP contribution in [0.15, 0.2) is 30.5 Å². The third-order valence-corrected chi connectivity index (χ3v) is 3.94. The van der Waals surface area contributed by atoms with Crippen molar-refractivity contribution in [2.75, 3.05) is 0 Å². The normalized spacial score (nSPS) is 18.1. The first kappa shape index (κ1) is 11.3. The van der Waals surface area contributed by atoms with Gasteiger partial charge < -0.3 is 10.3 Å². The highest BCUT2D eigenvalue weighted by atomic mass is 16.1. The van der Waals surface area contributed by atoms with E-state index < -0.39 is 0 Å². The number of carbonyl (C=O) groups excluding carboxylic acids is 1. The van der Waals surface area contributed by atoms with E-state index in [0.717, 1.165) is 29.3 Å². The predicted octanol–water partition coefficient (Wildman–Crippen LogP) is 3.23. The van der Waals surface area contributed by atoms with E-state index in [9.17, 15) is 4.79 Å². The average Bonchev–Trinajstić information content (AvgIpc) is 2.96. The number of H-pyrrole nitrogens is 1. The molecule has 1 aromatic carbocycles. The summed E-state index contributed by atoms with van der Waals surface area (Å²) in [7, 11) is 0. The minimum absolute atomic E-state index is 0.0121. The molecule has 1 aromatic heterocycles. The second-order valence-electron chi connectivity index (χ2n) is 5.50. The molecule has 3 heteroatoms. The van der Waals surface area contributed by atoms with Crippen LogP contribution in [0.2, 0.25) is 0 Å². The van der Waals surface area contributed by atoms with Gasteiger partial charge in [-0.1, -0.05) is 18.9 Å². The van der Waals surface area contributed by atoms with E-state index in [1.807, 2.05) is 30.5 Å². The molecule has 3 rings (SSSR count). The zero-order chi connectivity index (χ0) is 12.6. The molecule has 0 bridgehead atoms. The SMILES string of the molecule is CC1(NC(=O)c2ccc3cc[nH]c3c2)CCCC1. The molecule has 1 aliphatic rings. The molecule has 18 heavy (non-hydrogen) atoms. The molecule has 1 saturated carbocycles. The Hall–Kier alpha value is -1.77. The molecular weight excluding hydrogens is 224 g/mol. The zero-order valence-electron chi connectivity index (χ0n) is 10.6. The highest BCUT2D eigenvalue weighted by Gasteiger charge is 2.30. The summed E-state index contributed by atoms with van der Waals surface area (Å²) >= 11 is 0. The number of hydrogen-bond donors (Lipinski definition) is 2. The molecule has 1 aliphatic carbocycles. The van der Waals surface area contributed by atoms with Gasteiger partial charge in [0.05, 0.1) is 0 Å². The van der Waals surface area contributed by atoms with Crippen molar-refractivity contribution >= 4 is 16.8 Å². The van der Waals surface area contributed by atoms with Crippen molar-refractivity contribution in [3.05, 3.63) is 36.0 Å². The fourth-order valence-corrected chi connectivity index (χ4v) is 2.82. The Bertz CT molecular complexity index is 579. The van der Waals surface area contributed by atoms with Gasteiger partial charge in [-0.05, 0) is 43.4 Å². The minimum Gasteiger partial charge on any atom is -0.361 e. The van der Waals surface area contributed by atoms with Gasteiger partial charge in [0.1, 0.15) is 0 Å². The van der Waals surface area contributed by atoms with Gasteiger partial charge in [0.2, 0.25) is 0 Å². The van der Waals surface area contributed by atoms with Crippen molar-refractivity contribution in [2.45, 2.75) is 38.1 Å². The molecule has 2 N–H and O–H groups in total. The summed E-state index contributed by atoms with van der Waals surface area (Å²) in [6.07, 6.45) is 6.50. The lowest BCUT2D eigenvalue weighted by Crippen LogP contribution is -2.43. The predicted molar refractivity (Wildman–Crippen MR) is 72.6 cm³/mol. The van der Waals surface area contributed by atoms with E-state index in [1.165, 1.54) is 12.8 Å². The van der Waals surface area contributed by atoms with Crippen LogP contribution in [0.3, 0.4) is 0 Å². The first-order valence-electron chi connectivity index (χ1n) is 6.56. The van der Waals surface area contributed by atoms with Gasteiger partial charge in [0.25, 0.3) is 5.91 Å². The number of nitrogens with one attached hydrogen (secondary N) is 2. The Labute approximate surface area is 107 Å². The molecule has 1 fully saturated rings. The van der Waals surface area contributed by atoms with E-state index in [0.29, 0.717) is 0 Å². The fourth-order valence-electron chi connectivity index (χ4n) is 2.82. The second kappa shape index (κ2) is 4.16. The van der Waals surface area contributed by atoms with E-state index in [4.69, 9.17) is 0 Å². The molecule has 0 aliphatic heterocycles. The highest BCUT2D eigenvalue weighted by Crippen LogP contribution is 2.29. The first-order valence-corrected chi connectivity index (χ1v) is 6.56.